The van der Waals surface area contributed by atoms with Gasteiger partial charge < -0.3 is 15.1 Å². The summed E-state index contributed by atoms with van der Waals surface area (Å²) < 4.78 is 5.91. The number of benzene rings is 1. The molecule has 172 valence electrons. The number of guanidine groups is 1. The van der Waals surface area contributed by atoms with Crippen LogP contribution in [-0.4, -0.2) is 41.5 Å². The van der Waals surface area contributed by atoms with Gasteiger partial charge in [-0.05, 0) is 49.1 Å². The number of rotatable bonds is 7. The van der Waals surface area contributed by atoms with E-state index in [1.54, 1.807) is 17.5 Å². The van der Waals surface area contributed by atoms with E-state index in [1.807, 2.05) is 0 Å². The Morgan fingerprint density at radius 2 is 2.00 bits per heavy atom. The van der Waals surface area contributed by atoms with Crippen molar-refractivity contribution in [2.75, 3.05) is 19.6 Å². The molecule has 3 aromatic rings. The van der Waals surface area contributed by atoms with Crippen LogP contribution in [0.2, 0.25) is 0 Å². The van der Waals surface area contributed by atoms with Gasteiger partial charge in [-0.25, -0.2) is 9.98 Å². The number of aliphatic imine (C=N–C) groups is 1. The Labute approximate surface area is 211 Å². The first-order valence-corrected chi connectivity index (χ1v) is 11.9. The summed E-state index contributed by atoms with van der Waals surface area (Å²) in [6.45, 7) is 8.66. The summed E-state index contributed by atoms with van der Waals surface area (Å²) in [7, 11) is 0. The second kappa shape index (κ2) is 12.4. The van der Waals surface area contributed by atoms with Crippen LogP contribution in [-0.2, 0) is 13.1 Å². The van der Waals surface area contributed by atoms with Crippen molar-refractivity contribution in [3.63, 3.8) is 0 Å². The van der Waals surface area contributed by atoms with Gasteiger partial charge >= 0.3 is 0 Å². The Hall–Kier alpha value is -1.91. The van der Waals surface area contributed by atoms with Crippen molar-refractivity contribution in [3.05, 3.63) is 64.3 Å². The van der Waals surface area contributed by atoms with Gasteiger partial charge in [0.15, 0.2) is 11.7 Å². The largest absolute Gasteiger partial charge is 0.439 e. The van der Waals surface area contributed by atoms with Gasteiger partial charge in [0, 0.05) is 37.8 Å². The molecule has 2 aromatic heterocycles. The van der Waals surface area contributed by atoms with Gasteiger partial charge in [0.05, 0.1) is 6.20 Å². The van der Waals surface area contributed by atoms with E-state index >= 15 is 0 Å². The number of hydrogen-bond donors (Lipinski definition) is 2. The van der Waals surface area contributed by atoms with Gasteiger partial charge in [-0.3, -0.25) is 4.90 Å². The lowest BCUT2D eigenvalue weighted by molar-refractivity contribution is 0.198. The summed E-state index contributed by atoms with van der Waals surface area (Å²) in [6, 6.07) is 10.9. The fourth-order valence-electron chi connectivity index (χ4n) is 3.77. The zero-order valence-corrected chi connectivity index (χ0v) is 21.9. The maximum absolute atomic E-state index is 5.91. The molecule has 0 saturated carbocycles. The molecule has 1 saturated heterocycles. The zero-order chi connectivity index (χ0) is 21.5. The number of thiophene rings is 1. The van der Waals surface area contributed by atoms with Crippen molar-refractivity contribution < 1.29 is 4.42 Å². The monoisotopic (exact) mass is 565 g/mol. The van der Waals surface area contributed by atoms with Crippen LogP contribution >= 0.6 is 35.3 Å². The predicted octanol–water partition coefficient (Wildman–Crippen LogP) is 5.05. The standard InChI is InChI=1S/C24H31N5OS.HI/c1-3-25-24(28-21-8-11-29(12-9-21)16-19-10-13-31-17-19)27-15-23-26-14-22(30-23)20-6-4-18(2)5-7-20;/h4-7,10,13-14,17,21H,3,8-9,11-12,15-16H2,1-2H3,(H2,25,27,28);1H. The highest BCUT2D eigenvalue weighted by Gasteiger charge is 2.20. The number of aryl methyl sites for hydroxylation is 1. The maximum atomic E-state index is 5.91. The molecular formula is C24H32IN5OS. The molecule has 6 nitrogen and oxygen atoms in total. The van der Waals surface area contributed by atoms with E-state index in [0.29, 0.717) is 18.5 Å². The summed E-state index contributed by atoms with van der Waals surface area (Å²) in [4.78, 5) is 11.6. The molecule has 1 aliphatic rings. The fourth-order valence-corrected chi connectivity index (χ4v) is 4.43. The quantitative estimate of drug-likeness (QED) is 0.239. The zero-order valence-electron chi connectivity index (χ0n) is 18.7. The second-order valence-electron chi connectivity index (χ2n) is 8.01. The number of halogens is 1. The predicted molar refractivity (Wildman–Crippen MR) is 143 cm³/mol. The molecule has 0 bridgehead atoms. The molecule has 0 unspecified atom stereocenters. The van der Waals surface area contributed by atoms with Gasteiger partial charge in [-0.2, -0.15) is 11.3 Å². The SMILES string of the molecule is CCNC(=NCc1ncc(-c2ccc(C)cc2)o1)NC1CCN(Cc2ccsc2)CC1.I. The number of likely N-dealkylation sites (tertiary alicyclic amines) is 1. The van der Waals surface area contributed by atoms with Gasteiger partial charge in [0.1, 0.15) is 6.54 Å². The first-order chi connectivity index (χ1) is 15.2. The van der Waals surface area contributed by atoms with Crippen LogP contribution < -0.4 is 10.6 Å². The number of piperidine rings is 1. The average Bonchev–Trinajstić information content (AvgIpc) is 3.46. The lowest BCUT2D eigenvalue weighted by Crippen LogP contribution is -2.48. The first kappa shape index (κ1) is 24.7. The van der Waals surface area contributed by atoms with E-state index in [4.69, 9.17) is 9.41 Å². The van der Waals surface area contributed by atoms with Crippen molar-refractivity contribution in [1.29, 1.82) is 0 Å². The molecule has 1 aliphatic heterocycles. The molecule has 0 aliphatic carbocycles. The average molecular weight is 566 g/mol. The van der Waals surface area contributed by atoms with Crippen molar-refractivity contribution in [1.82, 2.24) is 20.5 Å². The first-order valence-electron chi connectivity index (χ1n) is 11.0. The number of nitrogens with one attached hydrogen (secondary N) is 2. The summed E-state index contributed by atoms with van der Waals surface area (Å²) in [5.41, 5.74) is 3.68. The Kier molecular flexibility index (Phi) is 9.55. The van der Waals surface area contributed by atoms with E-state index in [9.17, 15) is 0 Å². The summed E-state index contributed by atoms with van der Waals surface area (Å²) in [5.74, 6) is 2.23. The van der Waals surface area contributed by atoms with Crippen LogP contribution in [0.25, 0.3) is 11.3 Å². The Balaban J connectivity index is 0.00000289. The van der Waals surface area contributed by atoms with Crippen molar-refractivity contribution in [2.24, 2.45) is 4.99 Å². The summed E-state index contributed by atoms with van der Waals surface area (Å²) in [6.07, 6.45) is 4.01. The van der Waals surface area contributed by atoms with E-state index in [0.717, 1.165) is 56.3 Å². The van der Waals surface area contributed by atoms with Gasteiger partial charge in [0.25, 0.3) is 0 Å². The molecule has 3 heterocycles. The number of aromatic nitrogens is 1. The minimum Gasteiger partial charge on any atom is -0.439 e. The van der Waals surface area contributed by atoms with Crippen molar-refractivity contribution in [2.45, 2.75) is 45.8 Å². The van der Waals surface area contributed by atoms with E-state index in [-0.39, 0.29) is 24.0 Å². The molecule has 0 amide bonds. The molecule has 0 atom stereocenters. The number of nitrogens with zero attached hydrogens (tertiary/aromatic N) is 3. The van der Waals surface area contributed by atoms with Crippen LogP contribution in [0.4, 0.5) is 0 Å². The van der Waals surface area contributed by atoms with Crippen molar-refractivity contribution in [3.8, 4) is 11.3 Å². The topological polar surface area (TPSA) is 65.7 Å². The minimum atomic E-state index is 0. The molecule has 0 spiro atoms. The molecule has 1 aromatic carbocycles. The van der Waals surface area contributed by atoms with E-state index in [2.05, 4.69) is 75.5 Å². The highest BCUT2D eigenvalue weighted by atomic mass is 127. The van der Waals surface area contributed by atoms with E-state index in [1.165, 1.54) is 11.1 Å². The summed E-state index contributed by atoms with van der Waals surface area (Å²) in [5, 5.41) is 11.3. The minimum absolute atomic E-state index is 0. The van der Waals surface area contributed by atoms with Gasteiger partial charge in [-0.1, -0.05) is 29.8 Å². The van der Waals surface area contributed by atoms with Gasteiger partial charge in [0.2, 0.25) is 5.89 Å². The Morgan fingerprint density at radius 3 is 2.69 bits per heavy atom. The smallest absolute Gasteiger partial charge is 0.216 e. The molecule has 2 N–H and O–H groups in total. The molecular weight excluding hydrogens is 533 g/mol. The Bertz CT molecular complexity index is 963. The second-order valence-corrected chi connectivity index (χ2v) is 8.79. The number of hydrogen-bond acceptors (Lipinski definition) is 5. The van der Waals surface area contributed by atoms with Crippen LogP contribution in [0.1, 0.15) is 36.8 Å². The Morgan fingerprint density at radius 1 is 1.22 bits per heavy atom. The van der Waals surface area contributed by atoms with Crippen LogP contribution in [0.5, 0.6) is 0 Å². The number of oxazole rings is 1. The lowest BCUT2D eigenvalue weighted by atomic mass is 10.0. The molecule has 4 rings (SSSR count). The third kappa shape index (κ3) is 7.05. The van der Waals surface area contributed by atoms with Crippen LogP contribution in [0.3, 0.4) is 0 Å². The summed E-state index contributed by atoms with van der Waals surface area (Å²) >= 11 is 1.77. The fraction of sp³-hybridized carbons (Fsp3) is 0.417. The van der Waals surface area contributed by atoms with Gasteiger partial charge in [-0.15, -0.1) is 24.0 Å². The molecule has 8 heteroatoms. The molecule has 1 fully saturated rings. The van der Waals surface area contributed by atoms with Crippen molar-refractivity contribution >= 4 is 41.3 Å². The van der Waals surface area contributed by atoms with Crippen LogP contribution in [0.15, 0.2) is 56.7 Å². The maximum Gasteiger partial charge on any atom is 0.216 e. The highest BCUT2D eigenvalue weighted by Crippen LogP contribution is 2.21. The molecule has 0 radical (unpaired) electrons. The van der Waals surface area contributed by atoms with E-state index < -0.39 is 0 Å². The third-order valence-corrected chi connectivity index (χ3v) is 6.25. The van der Waals surface area contributed by atoms with Crippen LogP contribution in [0, 0.1) is 6.92 Å². The highest BCUT2D eigenvalue weighted by molar-refractivity contribution is 14.0. The lowest BCUT2D eigenvalue weighted by Gasteiger charge is -2.32. The molecule has 32 heavy (non-hydrogen) atoms. The normalized spacial score (nSPS) is 15.4. The third-order valence-electron chi connectivity index (χ3n) is 5.52.